The molecule has 13 heavy (non-hydrogen) atoms. The van der Waals surface area contributed by atoms with E-state index in [4.69, 9.17) is 9.84 Å². The SMILES string of the molecule is CCCC1=C(CCO)C(=O)OCC1. The van der Waals surface area contributed by atoms with E-state index in [1.54, 1.807) is 0 Å². The van der Waals surface area contributed by atoms with Crippen LogP contribution in [0, 0.1) is 0 Å². The number of esters is 1. The lowest BCUT2D eigenvalue weighted by Crippen LogP contribution is -2.18. The number of hydrogen-bond donors (Lipinski definition) is 1. The lowest BCUT2D eigenvalue weighted by molar-refractivity contribution is -0.140. The van der Waals surface area contributed by atoms with Crippen molar-refractivity contribution in [2.75, 3.05) is 13.2 Å². The van der Waals surface area contributed by atoms with Gasteiger partial charge in [0.05, 0.1) is 6.61 Å². The Balaban J connectivity index is 2.76. The number of rotatable bonds is 4. The number of cyclic esters (lactones) is 1. The molecule has 0 aromatic rings. The van der Waals surface area contributed by atoms with Crippen molar-refractivity contribution in [2.24, 2.45) is 0 Å². The molecule has 0 unspecified atom stereocenters. The molecule has 1 rings (SSSR count). The van der Waals surface area contributed by atoms with Gasteiger partial charge < -0.3 is 9.84 Å². The molecule has 3 nitrogen and oxygen atoms in total. The lowest BCUT2D eigenvalue weighted by atomic mass is 9.97. The van der Waals surface area contributed by atoms with E-state index in [1.165, 1.54) is 5.57 Å². The summed E-state index contributed by atoms with van der Waals surface area (Å²) in [5.74, 6) is -0.233. The highest BCUT2D eigenvalue weighted by molar-refractivity contribution is 5.90. The molecule has 0 aromatic carbocycles. The molecule has 0 radical (unpaired) electrons. The van der Waals surface area contributed by atoms with E-state index >= 15 is 0 Å². The van der Waals surface area contributed by atoms with Crippen LogP contribution in [0.15, 0.2) is 11.1 Å². The Kier molecular flexibility index (Phi) is 3.96. The van der Waals surface area contributed by atoms with Gasteiger partial charge >= 0.3 is 5.97 Å². The second kappa shape index (κ2) is 5.02. The fourth-order valence-electron chi connectivity index (χ4n) is 1.62. The Labute approximate surface area is 78.4 Å². The monoisotopic (exact) mass is 184 g/mol. The summed E-state index contributed by atoms with van der Waals surface area (Å²) in [4.78, 5) is 11.3. The first-order valence-corrected chi connectivity index (χ1v) is 4.78. The third kappa shape index (κ3) is 2.56. The molecule has 0 spiro atoms. The normalized spacial score (nSPS) is 17.5. The van der Waals surface area contributed by atoms with Crippen LogP contribution in [0.5, 0.6) is 0 Å². The van der Waals surface area contributed by atoms with Crippen molar-refractivity contribution < 1.29 is 14.6 Å². The van der Waals surface area contributed by atoms with Crippen molar-refractivity contribution in [2.45, 2.75) is 32.6 Å². The fourth-order valence-corrected chi connectivity index (χ4v) is 1.62. The lowest BCUT2D eigenvalue weighted by Gasteiger charge is -2.18. The highest BCUT2D eigenvalue weighted by Crippen LogP contribution is 2.23. The third-order valence-electron chi connectivity index (χ3n) is 2.22. The summed E-state index contributed by atoms with van der Waals surface area (Å²) >= 11 is 0. The molecule has 0 aromatic heterocycles. The first-order chi connectivity index (χ1) is 6.29. The smallest absolute Gasteiger partial charge is 0.334 e. The van der Waals surface area contributed by atoms with Gasteiger partial charge in [0, 0.05) is 25.0 Å². The molecule has 0 atom stereocenters. The number of ether oxygens (including phenoxy) is 1. The van der Waals surface area contributed by atoms with E-state index in [9.17, 15) is 4.79 Å². The first kappa shape index (κ1) is 10.3. The number of carbonyl (C=O) groups is 1. The van der Waals surface area contributed by atoms with Gasteiger partial charge in [0.25, 0.3) is 0 Å². The molecule has 74 valence electrons. The minimum absolute atomic E-state index is 0.0254. The van der Waals surface area contributed by atoms with Crippen LogP contribution in [0.4, 0.5) is 0 Å². The van der Waals surface area contributed by atoms with Gasteiger partial charge in [-0.15, -0.1) is 0 Å². The summed E-state index contributed by atoms with van der Waals surface area (Å²) in [7, 11) is 0. The van der Waals surface area contributed by atoms with Gasteiger partial charge in [-0.25, -0.2) is 4.79 Å². The van der Waals surface area contributed by atoms with Crippen molar-refractivity contribution in [3.05, 3.63) is 11.1 Å². The molecule has 0 saturated heterocycles. The van der Waals surface area contributed by atoms with Crippen LogP contribution in [0.1, 0.15) is 32.6 Å². The molecule has 0 saturated carbocycles. The Hall–Kier alpha value is -0.830. The maximum absolute atomic E-state index is 11.3. The van der Waals surface area contributed by atoms with Crippen LogP contribution in [-0.4, -0.2) is 24.3 Å². The summed E-state index contributed by atoms with van der Waals surface area (Å²) < 4.78 is 4.91. The van der Waals surface area contributed by atoms with E-state index in [0.717, 1.165) is 19.3 Å². The Morgan fingerprint density at radius 1 is 1.46 bits per heavy atom. The summed E-state index contributed by atoms with van der Waals surface area (Å²) in [6.07, 6.45) is 3.27. The van der Waals surface area contributed by atoms with Crippen molar-refractivity contribution in [3.8, 4) is 0 Å². The van der Waals surface area contributed by atoms with Gasteiger partial charge in [0.2, 0.25) is 0 Å². The van der Waals surface area contributed by atoms with Crippen molar-refractivity contribution in [1.29, 1.82) is 0 Å². The van der Waals surface area contributed by atoms with Crippen molar-refractivity contribution in [1.82, 2.24) is 0 Å². The highest BCUT2D eigenvalue weighted by Gasteiger charge is 2.20. The zero-order chi connectivity index (χ0) is 9.68. The van der Waals surface area contributed by atoms with Gasteiger partial charge in [0.1, 0.15) is 0 Å². The predicted molar refractivity (Wildman–Crippen MR) is 49.2 cm³/mol. The van der Waals surface area contributed by atoms with E-state index in [2.05, 4.69) is 6.92 Å². The minimum atomic E-state index is -0.233. The topological polar surface area (TPSA) is 46.5 Å². The van der Waals surface area contributed by atoms with E-state index in [-0.39, 0.29) is 12.6 Å². The number of aliphatic hydroxyl groups excluding tert-OH is 1. The molecular weight excluding hydrogens is 168 g/mol. The average molecular weight is 184 g/mol. The Bertz CT molecular complexity index is 218. The Morgan fingerprint density at radius 2 is 2.23 bits per heavy atom. The molecule has 3 heteroatoms. The quantitative estimate of drug-likeness (QED) is 0.672. The summed E-state index contributed by atoms with van der Waals surface area (Å²) in [5.41, 5.74) is 1.88. The van der Waals surface area contributed by atoms with Gasteiger partial charge in [-0.3, -0.25) is 0 Å². The van der Waals surface area contributed by atoms with Crippen LogP contribution < -0.4 is 0 Å². The molecule has 0 amide bonds. The van der Waals surface area contributed by atoms with Gasteiger partial charge in [0.15, 0.2) is 0 Å². The van der Waals surface area contributed by atoms with Crippen LogP contribution in [-0.2, 0) is 9.53 Å². The maximum atomic E-state index is 11.3. The fraction of sp³-hybridized carbons (Fsp3) is 0.700. The van der Waals surface area contributed by atoms with Crippen LogP contribution in [0.2, 0.25) is 0 Å². The zero-order valence-corrected chi connectivity index (χ0v) is 8.01. The van der Waals surface area contributed by atoms with Crippen LogP contribution >= 0.6 is 0 Å². The van der Waals surface area contributed by atoms with Gasteiger partial charge in [-0.05, 0) is 6.42 Å². The average Bonchev–Trinajstić information content (AvgIpc) is 2.11. The summed E-state index contributed by atoms with van der Waals surface area (Å²) in [6, 6.07) is 0. The largest absolute Gasteiger partial charge is 0.462 e. The van der Waals surface area contributed by atoms with E-state index in [1.807, 2.05) is 0 Å². The molecule has 0 fully saturated rings. The van der Waals surface area contributed by atoms with Gasteiger partial charge in [-0.1, -0.05) is 18.9 Å². The minimum Gasteiger partial charge on any atom is -0.462 e. The number of hydrogen-bond acceptors (Lipinski definition) is 3. The first-order valence-electron chi connectivity index (χ1n) is 4.78. The van der Waals surface area contributed by atoms with Crippen molar-refractivity contribution in [3.63, 3.8) is 0 Å². The number of carbonyl (C=O) groups excluding carboxylic acids is 1. The van der Waals surface area contributed by atoms with E-state index < -0.39 is 0 Å². The second-order valence-electron chi connectivity index (χ2n) is 3.19. The second-order valence-corrected chi connectivity index (χ2v) is 3.19. The van der Waals surface area contributed by atoms with Crippen LogP contribution in [0.3, 0.4) is 0 Å². The summed E-state index contributed by atoms with van der Waals surface area (Å²) in [6.45, 7) is 2.62. The van der Waals surface area contributed by atoms with Crippen molar-refractivity contribution >= 4 is 5.97 Å². The molecule has 1 heterocycles. The predicted octanol–water partition coefficient (Wildman–Crippen LogP) is 1.41. The van der Waals surface area contributed by atoms with Crippen LogP contribution in [0.25, 0.3) is 0 Å². The van der Waals surface area contributed by atoms with Gasteiger partial charge in [-0.2, -0.15) is 0 Å². The molecule has 1 N–H and O–H groups in total. The molecule has 1 aliphatic rings. The molecule has 1 aliphatic heterocycles. The molecule has 0 aliphatic carbocycles. The Morgan fingerprint density at radius 3 is 2.85 bits per heavy atom. The molecular formula is C10H16O3. The zero-order valence-electron chi connectivity index (χ0n) is 8.01. The highest BCUT2D eigenvalue weighted by atomic mass is 16.5. The standard InChI is InChI=1S/C10H16O3/c1-2-3-8-5-7-13-10(12)9(8)4-6-11/h11H,2-7H2,1H3. The maximum Gasteiger partial charge on any atom is 0.334 e. The summed E-state index contributed by atoms with van der Waals surface area (Å²) in [5, 5.41) is 8.78. The third-order valence-corrected chi connectivity index (χ3v) is 2.22. The molecule has 0 bridgehead atoms. The van der Waals surface area contributed by atoms with E-state index in [0.29, 0.717) is 18.6 Å². The number of aliphatic hydroxyl groups is 1.